The van der Waals surface area contributed by atoms with Crippen LogP contribution < -0.4 is 10.6 Å². The highest BCUT2D eigenvalue weighted by molar-refractivity contribution is 6.26. The van der Waals surface area contributed by atoms with Crippen LogP contribution in [0.3, 0.4) is 0 Å². The molecule has 0 amide bonds. The van der Waals surface area contributed by atoms with Crippen molar-refractivity contribution in [3.63, 3.8) is 0 Å². The Balaban J connectivity index is 1.89. The van der Waals surface area contributed by atoms with Gasteiger partial charge in [-0.3, -0.25) is 0 Å². The van der Waals surface area contributed by atoms with E-state index < -0.39 is 0 Å². The van der Waals surface area contributed by atoms with Gasteiger partial charge in [0.25, 0.3) is 7.48 Å². The van der Waals surface area contributed by atoms with Gasteiger partial charge in [-0.2, -0.15) is 0 Å². The molecule has 5 heteroatoms. The number of nitrogens with two attached hydrogens (primary N) is 1. The van der Waals surface area contributed by atoms with Crippen molar-refractivity contribution < 1.29 is 9.76 Å². The van der Waals surface area contributed by atoms with E-state index in [9.17, 15) is 5.11 Å². The topological polar surface area (TPSA) is 58.7 Å². The first-order chi connectivity index (χ1) is 8.29. The zero-order valence-corrected chi connectivity index (χ0v) is 10.0. The van der Waals surface area contributed by atoms with Gasteiger partial charge in [0.1, 0.15) is 0 Å². The Kier molecular flexibility index (Phi) is 4.42. The molecule has 1 aromatic carbocycles. The number of anilines is 1. The fourth-order valence-electron chi connectivity index (χ4n) is 2.12. The summed E-state index contributed by atoms with van der Waals surface area (Å²) in [6, 6.07) is 8.44. The number of benzene rings is 1. The molecule has 1 aromatic rings. The molecule has 2 rings (SSSR count). The molecule has 3 N–H and O–H groups in total. The lowest BCUT2D eigenvalue weighted by atomic mass is 9.89. The summed E-state index contributed by atoms with van der Waals surface area (Å²) in [5, 5.41) is 9.49. The predicted molar refractivity (Wildman–Crippen MR) is 70.3 cm³/mol. The number of rotatable bonds is 5. The third kappa shape index (κ3) is 3.46. The minimum atomic E-state index is -0.173. The highest BCUT2D eigenvalue weighted by Gasteiger charge is 2.19. The SMILES string of the molecule is NCOBCc1ccc(N2CC[C@@H](O)C2)cc1. The summed E-state index contributed by atoms with van der Waals surface area (Å²) < 4.78 is 5.12. The van der Waals surface area contributed by atoms with Crippen LogP contribution >= 0.6 is 0 Å². The van der Waals surface area contributed by atoms with Gasteiger partial charge in [0.15, 0.2) is 0 Å². The molecular formula is C12H19BN2O2. The maximum Gasteiger partial charge on any atom is 0.281 e. The van der Waals surface area contributed by atoms with Gasteiger partial charge in [-0.1, -0.05) is 17.7 Å². The lowest BCUT2D eigenvalue weighted by Crippen LogP contribution is -2.21. The summed E-state index contributed by atoms with van der Waals surface area (Å²) in [6.07, 6.45) is 1.58. The maximum atomic E-state index is 9.49. The molecule has 1 heterocycles. The Morgan fingerprint density at radius 1 is 1.41 bits per heavy atom. The Morgan fingerprint density at radius 2 is 2.18 bits per heavy atom. The van der Waals surface area contributed by atoms with Crippen LogP contribution in [0.25, 0.3) is 0 Å². The van der Waals surface area contributed by atoms with Gasteiger partial charge in [-0.15, -0.1) is 0 Å². The van der Waals surface area contributed by atoms with Crippen molar-refractivity contribution in [2.45, 2.75) is 18.8 Å². The standard InChI is InChI=1S/C12H19BN2O2/c14-9-17-13-7-10-1-3-11(4-2-10)15-6-5-12(16)8-15/h1-4,12-13,16H,5-9,14H2/t12-/m1/s1. The second-order valence-corrected chi connectivity index (χ2v) is 4.38. The zero-order chi connectivity index (χ0) is 12.1. The van der Waals surface area contributed by atoms with Crippen molar-refractivity contribution >= 4 is 13.2 Å². The fourth-order valence-corrected chi connectivity index (χ4v) is 2.12. The molecule has 0 aliphatic carbocycles. The van der Waals surface area contributed by atoms with Gasteiger partial charge in [0.05, 0.1) is 12.8 Å². The van der Waals surface area contributed by atoms with Gasteiger partial charge in [-0.25, -0.2) is 0 Å². The molecular weight excluding hydrogens is 215 g/mol. The van der Waals surface area contributed by atoms with Crippen molar-refractivity contribution in [1.29, 1.82) is 0 Å². The Labute approximate surface area is 103 Å². The average molecular weight is 234 g/mol. The Morgan fingerprint density at radius 3 is 2.76 bits per heavy atom. The first-order valence-corrected chi connectivity index (χ1v) is 6.09. The van der Waals surface area contributed by atoms with E-state index in [1.807, 2.05) is 0 Å². The lowest BCUT2D eigenvalue weighted by Gasteiger charge is -2.17. The highest BCUT2D eigenvalue weighted by Crippen LogP contribution is 2.20. The molecule has 1 aliphatic heterocycles. The van der Waals surface area contributed by atoms with Crippen LogP contribution in [-0.2, 0) is 11.0 Å². The van der Waals surface area contributed by atoms with Crippen LogP contribution in [0, 0.1) is 0 Å². The van der Waals surface area contributed by atoms with Gasteiger partial charge < -0.3 is 20.4 Å². The highest BCUT2D eigenvalue weighted by atomic mass is 16.4. The number of hydrogen-bond acceptors (Lipinski definition) is 4. The van der Waals surface area contributed by atoms with Gasteiger partial charge in [0.2, 0.25) is 0 Å². The third-order valence-corrected chi connectivity index (χ3v) is 3.12. The largest absolute Gasteiger partial charge is 0.427 e. The smallest absolute Gasteiger partial charge is 0.281 e. The molecule has 92 valence electrons. The summed E-state index contributed by atoms with van der Waals surface area (Å²) in [7, 11) is 0.665. The fraction of sp³-hybridized carbons (Fsp3) is 0.500. The summed E-state index contributed by atoms with van der Waals surface area (Å²) in [6.45, 7) is 1.97. The van der Waals surface area contributed by atoms with Crippen LogP contribution in [-0.4, -0.2) is 38.5 Å². The molecule has 17 heavy (non-hydrogen) atoms. The molecule has 4 nitrogen and oxygen atoms in total. The monoisotopic (exact) mass is 234 g/mol. The van der Waals surface area contributed by atoms with Crippen LogP contribution in [0.2, 0.25) is 0 Å². The van der Waals surface area contributed by atoms with Crippen molar-refractivity contribution in [2.24, 2.45) is 5.73 Å². The summed E-state index contributed by atoms with van der Waals surface area (Å²) >= 11 is 0. The van der Waals surface area contributed by atoms with Gasteiger partial charge >= 0.3 is 0 Å². The molecule has 0 radical (unpaired) electrons. The maximum absolute atomic E-state index is 9.49. The van der Waals surface area contributed by atoms with Crippen LogP contribution in [0.5, 0.6) is 0 Å². The average Bonchev–Trinajstić information content (AvgIpc) is 2.77. The second kappa shape index (κ2) is 6.05. The molecule has 0 bridgehead atoms. The predicted octanol–water partition coefficient (Wildman–Crippen LogP) is 0.0419. The molecule has 0 aromatic heterocycles. The van der Waals surface area contributed by atoms with E-state index >= 15 is 0 Å². The Bertz CT molecular complexity index is 345. The quantitative estimate of drug-likeness (QED) is 0.429. The van der Waals surface area contributed by atoms with Crippen molar-refractivity contribution in [1.82, 2.24) is 0 Å². The van der Waals surface area contributed by atoms with E-state index in [1.165, 1.54) is 11.3 Å². The van der Waals surface area contributed by atoms with E-state index in [0.29, 0.717) is 7.48 Å². The third-order valence-electron chi connectivity index (χ3n) is 3.12. The van der Waals surface area contributed by atoms with Gasteiger partial charge in [-0.05, 0) is 24.9 Å². The van der Waals surface area contributed by atoms with E-state index in [1.54, 1.807) is 0 Å². The summed E-state index contributed by atoms with van der Waals surface area (Å²) in [4.78, 5) is 2.21. The van der Waals surface area contributed by atoms with Crippen molar-refractivity contribution in [3.05, 3.63) is 29.8 Å². The number of aliphatic hydroxyl groups excluding tert-OH is 1. The van der Waals surface area contributed by atoms with E-state index in [0.717, 1.165) is 25.8 Å². The molecule has 1 atom stereocenters. The molecule has 0 unspecified atom stereocenters. The number of β-amino-alcohol motifs (C(OH)–C–C–N with tert-alkyl or cyclic N) is 1. The molecule has 1 saturated heterocycles. The lowest BCUT2D eigenvalue weighted by molar-refractivity contribution is 0.198. The molecule has 0 saturated carbocycles. The van der Waals surface area contributed by atoms with Crippen LogP contribution in [0.15, 0.2) is 24.3 Å². The van der Waals surface area contributed by atoms with Crippen LogP contribution in [0.1, 0.15) is 12.0 Å². The molecule has 1 aliphatic rings. The minimum absolute atomic E-state index is 0.173. The number of aliphatic hydroxyl groups is 1. The summed E-state index contributed by atoms with van der Waals surface area (Å²) in [5.41, 5.74) is 7.70. The molecule has 1 fully saturated rings. The first kappa shape index (κ1) is 12.4. The zero-order valence-electron chi connectivity index (χ0n) is 10.0. The van der Waals surface area contributed by atoms with Crippen molar-refractivity contribution in [3.8, 4) is 0 Å². The summed E-state index contributed by atoms with van der Waals surface area (Å²) in [5.74, 6) is 0. The number of nitrogens with zero attached hydrogens (tertiary/aromatic N) is 1. The number of hydrogen-bond donors (Lipinski definition) is 2. The van der Waals surface area contributed by atoms with E-state index in [4.69, 9.17) is 10.4 Å². The molecule has 0 spiro atoms. The van der Waals surface area contributed by atoms with Crippen molar-refractivity contribution in [2.75, 3.05) is 24.7 Å². The van der Waals surface area contributed by atoms with Crippen LogP contribution in [0.4, 0.5) is 5.69 Å². The second-order valence-electron chi connectivity index (χ2n) is 4.38. The van der Waals surface area contributed by atoms with E-state index in [-0.39, 0.29) is 12.8 Å². The normalized spacial score (nSPS) is 19.6. The first-order valence-electron chi connectivity index (χ1n) is 6.09. The van der Waals surface area contributed by atoms with Gasteiger partial charge in [0, 0.05) is 18.8 Å². The Hall–Kier alpha value is -1.04. The van der Waals surface area contributed by atoms with E-state index in [2.05, 4.69) is 29.2 Å². The minimum Gasteiger partial charge on any atom is -0.427 e.